The molecule has 0 radical (unpaired) electrons. The molecule has 4 rings (SSSR count). The fourth-order valence-electron chi connectivity index (χ4n) is 3.21. The minimum Gasteiger partial charge on any atom is -0.467 e. The van der Waals surface area contributed by atoms with Crippen molar-refractivity contribution >= 4 is 29.4 Å². The number of amides is 2. The van der Waals surface area contributed by atoms with Gasteiger partial charge in [0.15, 0.2) is 0 Å². The maximum atomic E-state index is 12.6. The highest BCUT2D eigenvalue weighted by Gasteiger charge is 2.35. The van der Waals surface area contributed by atoms with Crippen LogP contribution >= 0.6 is 11.8 Å². The second kappa shape index (κ2) is 6.01. The van der Waals surface area contributed by atoms with Crippen LogP contribution in [0.2, 0.25) is 0 Å². The Balaban J connectivity index is 1.43. The van der Waals surface area contributed by atoms with Gasteiger partial charge in [0.25, 0.3) is 0 Å². The second-order valence-corrected chi connectivity index (χ2v) is 7.12. The number of anilines is 1. The third-order valence-corrected chi connectivity index (χ3v) is 5.44. The van der Waals surface area contributed by atoms with E-state index in [1.165, 1.54) is 0 Å². The lowest BCUT2D eigenvalue weighted by atomic mass is 10.1. The summed E-state index contributed by atoms with van der Waals surface area (Å²) in [4.78, 5) is 26.4. The van der Waals surface area contributed by atoms with Crippen LogP contribution in [0.25, 0.3) is 0 Å². The number of aryl methyl sites for hydroxylation is 1. The van der Waals surface area contributed by atoms with Crippen molar-refractivity contribution in [1.29, 1.82) is 0 Å². The van der Waals surface area contributed by atoms with Gasteiger partial charge in [-0.15, -0.1) is 0 Å². The molecule has 2 aliphatic rings. The normalized spacial score (nSPS) is 19.8. The van der Waals surface area contributed by atoms with Crippen LogP contribution in [0.4, 0.5) is 5.82 Å². The maximum Gasteiger partial charge on any atom is 0.230 e. The summed E-state index contributed by atoms with van der Waals surface area (Å²) in [5.41, 5.74) is 2.15. The van der Waals surface area contributed by atoms with Crippen molar-refractivity contribution in [3.63, 3.8) is 0 Å². The predicted molar refractivity (Wildman–Crippen MR) is 89.1 cm³/mol. The predicted octanol–water partition coefficient (Wildman–Crippen LogP) is 1.75. The van der Waals surface area contributed by atoms with E-state index < -0.39 is 0 Å². The number of furan rings is 1. The molecule has 126 valence electrons. The summed E-state index contributed by atoms with van der Waals surface area (Å²) in [5, 5.41) is 7.42. The van der Waals surface area contributed by atoms with Crippen LogP contribution in [-0.2, 0) is 34.7 Å². The van der Waals surface area contributed by atoms with E-state index in [2.05, 4.69) is 10.4 Å². The molecule has 0 unspecified atom stereocenters. The van der Waals surface area contributed by atoms with E-state index in [9.17, 15) is 9.59 Å². The average molecular weight is 346 g/mol. The van der Waals surface area contributed by atoms with Gasteiger partial charge in [-0.1, -0.05) is 0 Å². The van der Waals surface area contributed by atoms with Gasteiger partial charge in [0.2, 0.25) is 11.8 Å². The summed E-state index contributed by atoms with van der Waals surface area (Å²) in [7, 11) is 1.83. The topological polar surface area (TPSA) is 80.4 Å². The van der Waals surface area contributed by atoms with Crippen LogP contribution < -0.4 is 5.32 Å². The number of thioether (sulfide) groups is 1. The second-order valence-electron chi connectivity index (χ2n) is 6.13. The van der Waals surface area contributed by atoms with Crippen molar-refractivity contribution in [2.45, 2.75) is 24.5 Å². The molecule has 8 heteroatoms. The molecule has 2 aromatic rings. The van der Waals surface area contributed by atoms with Gasteiger partial charge < -0.3 is 14.6 Å². The van der Waals surface area contributed by atoms with Gasteiger partial charge >= 0.3 is 0 Å². The van der Waals surface area contributed by atoms with Gasteiger partial charge in [0.1, 0.15) is 11.6 Å². The van der Waals surface area contributed by atoms with Crippen LogP contribution in [0.15, 0.2) is 22.8 Å². The number of nitrogens with zero attached hydrogens (tertiary/aromatic N) is 3. The molecule has 0 aliphatic carbocycles. The van der Waals surface area contributed by atoms with E-state index in [4.69, 9.17) is 4.42 Å². The molecule has 24 heavy (non-hydrogen) atoms. The zero-order chi connectivity index (χ0) is 16.7. The molecular weight excluding hydrogens is 328 g/mol. The van der Waals surface area contributed by atoms with E-state index in [0.29, 0.717) is 13.1 Å². The smallest absolute Gasteiger partial charge is 0.230 e. The largest absolute Gasteiger partial charge is 0.467 e. The summed E-state index contributed by atoms with van der Waals surface area (Å²) >= 11 is 1.79. The van der Waals surface area contributed by atoms with Crippen LogP contribution in [0.3, 0.4) is 0 Å². The molecule has 7 nitrogen and oxygen atoms in total. The molecule has 0 aromatic carbocycles. The van der Waals surface area contributed by atoms with Crippen molar-refractivity contribution in [2.24, 2.45) is 13.0 Å². The zero-order valence-electron chi connectivity index (χ0n) is 13.3. The number of fused-ring (bicyclic) bond motifs is 1. The molecule has 4 heterocycles. The van der Waals surface area contributed by atoms with Crippen LogP contribution in [0.5, 0.6) is 0 Å². The van der Waals surface area contributed by atoms with Gasteiger partial charge in [0, 0.05) is 37.1 Å². The van der Waals surface area contributed by atoms with Gasteiger partial charge in [-0.25, -0.2) is 0 Å². The maximum absolute atomic E-state index is 12.6. The number of hydrogen-bond donors (Lipinski definition) is 1. The fourth-order valence-corrected chi connectivity index (χ4v) is 4.24. The molecule has 1 saturated heterocycles. The first kappa shape index (κ1) is 15.3. The third kappa shape index (κ3) is 2.71. The van der Waals surface area contributed by atoms with Gasteiger partial charge in [-0.3, -0.25) is 14.3 Å². The molecule has 2 aromatic heterocycles. The molecular formula is C16H18N4O3S. The van der Waals surface area contributed by atoms with Gasteiger partial charge in [0.05, 0.1) is 24.4 Å². The quantitative estimate of drug-likeness (QED) is 0.912. The average Bonchev–Trinajstić information content (AvgIpc) is 3.30. The molecule has 1 N–H and O–H groups in total. The number of aromatic nitrogens is 2. The lowest BCUT2D eigenvalue weighted by molar-refractivity contribution is -0.128. The Morgan fingerprint density at radius 3 is 3.17 bits per heavy atom. The summed E-state index contributed by atoms with van der Waals surface area (Å²) in [6, 6.07) is 3.62. The first-order valence-electron chi connectivity index (χ1n) is 7.85. The van der Waals surface area contributed by atoms with Gasteiger partial charge in [-0.05, 0) is 12.1 Å². The van der Waals surface area contributed by atoms with E-state index >= 15 is 0 Å². The summed E-state index contributed by atoms with van der Waals surface area (Å²) in [5.74, 6) is 2.77. The number of nitrogens with one attached hydrogen (secondary N) is 1. The van der Waals surface area contributed by atoms with Crippen molar-refractivity contribution in [3.8, 4) is 0 Å². The molecule has 0 saturated carbocycles. The molecule has 2 amide bonds. The van der Waals surface area contributed by atoms with Crippen molar-refractivity contribution in [2.75, 3.05) is 11.9 Å². The van der Waals surface area contributed by atoms with Crippen molar-refractivity contribution in [1.82, 2.24) is 14.7 Å². The Labute approximate surface area is 143 Å². The third-order valence-electron chi connectivity index (χ3n) is 4.47. The Morgan fingerprint density at radius 1 is 1.50 bits per heavy atom. The van der Waals surface area contributed by atoms with E-state index in [0.717, 1.165) is 34.3 Å². The van der Waals surface area contributed by atoms with Crippen LogP contribution in [0.1, 0.15) is 23.4 Å². The molecule has 1 fully saturated rings. The Morgan fingerprint density at radius 2 is 2.38 bits per heavy atom. The van der Waals surface area contributed by atoms with Gasteiger partial charge in [-0.2, -0.15) is 16.9 Å². The molecule has 2 aliphatic heterocycles. The number of likely N-dealkylation sites (tertiary alicyclic amines) is 1. The number of carbonyl (C=O) groups is 2. The standard InChI is InChI=1S/C16H18N4O3S/c1-19-15(12-8-24-9-13(12)18-19)17-16(22)10-5-14(21)20(6-10)7-11-3-2-4-23-11/h2-4,10H,5-9H2,1H3,(H,17,22)/t10-/m1/s1. The highest BCUT2D eigenvalue weighted by molar-refractivity contribution is 7.98. The number of hydrogen-bond acceptors (Lipinski definition) is 5. The zero-order valence-corrected chi connectivity index (χ0v) is 14.1. The van der Waals surface area contributed by atoms with E-state index in [1.807, 2.05) is 13.1 Å². The fraction of sp³-hybridized carbons (Fsp3) is 0.438. The van der Waals surface area contributed by atoms with Crippen LogP contribution in [-0.4, -0.2) is 33.0 Å². The highest BCUT2D eigenvalue weighted by atomic mass is 32.2. The Kier molecular flexibility index (Phi) is 3.84. The highest BCUT2D eigenvalue weighted by Crippen LogP contribution is 2.34. The summed E-state index contributed by atoms with van der Waals surface area (Å²) < 4.78 is 7.00. The number of rotatable bonds is 4. The minimum absolute atomic E-state index is 0.0164. The lowest BCUT2D eigenvalue weighted by Gasteiger charge is -2.15. The molecule has 0 spiro atoms. The minimum atomic E-state index is -0.341. The van der Waals surface area contributed by atoms with Crippen LogP contribution in [0, 0.1) is 5.92 Å². The van der Waals surface area contributed by atoms with E-state index in [1.54, 1.807) is 33.7 Å². The number of carbonyl (C=O) groups excluding carboxylic acids is 2. The summed E-state index contributed by atoms with van der Waals surface area (Å²) in [6.45, 7) is 0.827. The monoisotopic (exact) mass is 346 g/mol. The van der Waals surface area contributed by atoms with Crippen molar-refractivity contribution < 1.29 is 14.0 Å². The summed E-state index contributed by atoms with van der Waals surface area (Å²) in [6.07, 6.45) is 1.82. The van der Waals surface area contributed by atoms with Crippen molar-refractivity contribution in [3.05, 3.63) is 35.4 Å². The Bertz CT molecular complexity index is 784. The first-order valence-corrected chi connectivity index (χ1v) is 9.01. The molecule has 1 atom stereocenters. The molecule has 0 bridgehead atoms. The Hall–Kier alpha value is -2.22. The first-order chi connectivity index (χ1) is 11.6. The lowest BCUT2D eigenvalue weighted by Crippen LogP contribution is -2.28. The van der Waals surface area contributed by atoms with E-state index in [-0.39, 0.29) is 24.2 Å². The SMILES string of the molecule is Cn1nc2c(c1NC(=O)[C@@H]1CC(=O)N(Cc3ccco3)C1)CSC2.